The number of hydrogen-bond donors (Lipinski definition) is 0. The molecule has 1 unspecified atom stereocenters. The van der Waals surface area contributed by atoms with E-state index in [0.717, 1.165) is 6.04 Å². The molecule has 0 aromatic rings. The zero-order valence-electron chi connectivity index (χ0n) is 31.8. The van der Waals surface area contributed by atoms with Gasteiger partial charge in [0.2, 0.25) is 0 Å². The largest absolute Gasteiger partial charge is 0.373 e. The van der Waals surface area contributed by atoms with Gasteiger partial charge in [0, 0.05) is 102 Å². The topological polar surface area (TPSA) is 28.7 Å². The summed E-state index contributed by atoms with van der Waals surface area (Å²) in [5, 5.41) is 0. The van der Waals surface area contributed by atoms with Crippen LogP contribution in [0, 0.1) is 5.41 Å². The molecule has 4 aliphatic rings. The Balaban J connectivity index is 1.07. The first-order chi connectivity index (χ1) is 21.0. The van der Waals surface area contributed by atoms with E-state index in [1.807, 2.05) is 0 Å². The lowest BCUT2D eigenvalue weighted by Crippen LogP contribution is -2.56. The second-order valence-corrected chi connectivity index (χ2v) is 18.6. The standard InChI is InChI=1S/C38H76N6O/c1-35(2,3)43-30-26-42(27-31-43)33-12-19-41(32-33)18-11-15-37(7,8)16-17-38(9,10)44-28-24-40(25-29-44)23-22-39-20-13-34(14-21-39)45-36(4,5)6/h33-34H,11-32H2,1-10H3. The Bertz CT molecular complexity index is 854. The summed E-state index contributed by atoms with van der Waals surface area (Å²) in [5.41, 5.74) is 1.01. The van der Waals surface area contributed by atoms with Crippen molar-refractivity contribution < 1.29 is 4.74 Å². The molecule has 4 fully saturated rings. The average molecular weight is 633 g/mol. The summed E-state index contributed by atoms with van der Waals surface area (Å²) in [7, 11) is 0. The van der Waals surface area contributed by atoms with E-state index in [2.05, 4.69) is 98.6 Å². The maximum Gasteiger partial charge on any atom is 0.0606 e. The van der Waals surface area contributed by atoms with Crippen molar-refractivity contribution in [2.75, 3.05) is 98.2 Å². The van der Waals surface area contributed by atoms with Crippen LogP contribution in [0.2, 0.25) is 0 Å². The molecule has 4 saturated heterocycles. The Morgan fingerprint density at radius 2 is 1.09 bits per heavy atom. The monoisotopic (exact) mass is 633 g/mol. The third kappa shape index (κ3) is 12.3. The number of rotatable bonds is 13. The summed E-state index contributed by atoms with van der Waals surface area (Å²) in [5.74, 6) is 0. The van der Waals surface area contributed by atoms with Crippen LogP contribution in [0.1, 0.15) is 114 Å². The van der Waals surface area contributed by atoms with E-state index in [1.54, 1.807) is 0 Å². The van der Waals surface area contributed by atoms with Crippen molar-refractivity contribution in [1.82, 2.24) is 29.4 Å². The van der Waals surface area contributed by atoms with Crippen molar-refractivity contribution in [2.24, 2.45) is 5.41 Å². The van der Waals surface area contributed by atoms with Crippen molar-refractivity contribution in [3.05, 3.63) is 0 Å². The second kappa shape index (κ2) is 16.0. The van der Waals surface area contributed by atoms with E-state index in [4.69, 9.17) is 4.74 Å². The Morgan fingerprint density at radius 3 is 1.67 bits per heavy atom. The molecule has 0 bridgehead atoms. The fourth-order valence-electron chi connectivity index (χ4n) is 8.39. The van der Waals surface area contributed by atoms with Crippen LogP contribution in [0.15, 0.2) is 0 Å². The van der Waals surface area contributed by atoms with Gasteiger partial charge in [-0.3, -0.25) is 19.6 Å². The number of ether oxygens (including phenoxy) is 1. The van der Waals surface area contributed by atoms with E-state index >= 15 is 0 Å². The predicted molar refractivity (Wildman–Crippen MR) is 192 cm³/mol. The lowest BCUT2D eigenvalue weighted by molar-refractivity contribution is -0.0825. The molecule has 45 heavy (non-hydrogen) atoms. The Kier molecular flexibility index (Phi) is 13.3. The van der Waals surface area contributed by atoms with Crippen LogP contribution in [-0.4, -0.2) is 156 Å². The minimum atomic E-state index is -0.0173. The first-order valence-corrected chi connectivity index (χ1v) is 19.1. The van der Waals surface area contributed by atoms with E-state index in [9.17, 15) is 0 Å². The molecule has 0 aliphatic carbocycles. The van der Waals surface area contributed by atoms with Crippen molar-refractivity contribution >= 4 is 0 Å². The molecule has 0 aromatic carbocycles. The summed E-state index contributed by atoms with van der Waals surface area (Å²) in [6.07, 6.45) is 9.51. The Morgan fingerprint density at radius 1 is 0.533 bits per heavy atom. The predicted octanol–water partition coefficient (Wildman–Crippen LogP) is 5.74. The summed E-state index contributed by atoms with van der Waals surface area (Å²) in [4.78, 5) is 16.4. The van der Waals surface area contributed by atoms with Crippen LogP contribution in [-0.2, 0) is 4.74 Å². The molecule has 7 nitrogen and oxygen atoms in total. The van der Waals surface area contributed by atoms with Gasteiger partial charge < -0.3 is 14.5 Å². The van der Waals surface area contributed by atoms with Gasteiger partial charge >= 0.3 is 0 Å². The van der Waals surface area contributed by atoms with Crippen LogP contribution >= 0.6 is 0 Å². The Hall–Kier alpha value is -0.280. The molecule has 4 heterocycles. The average Bonchev–Trinajstić information content (AvgIpc) is 3.44. The lowest BCUT2D eigenvalue weighted by Gasteiger charge is -2.45. The Labute approximate surface area is 280 Å². The highest BCUT2D eigenvalue weighted by Gasteiger charge is 2.34. The van der Waals surface area contributed by atoms with Gasteiger partial charge in [-0.2, -0.15) is 0 Å². The fraction of sp³-hybridized carbons (Fsp3) is 1.00. The first-order valence-electron chi connectivity index (χ1n) is 19.1. The summed E-state index contributed by atoms with van der Waals surface area (Å²) in [6, 6.07) is 0.785. The molecule has 4 aliphatic heterocycles. The molecule has 1 atom stereocenters. The van der Waals surface area contributed by atoms with Crippen molar-refractivity contribution in [3.8, 4) is 0 Å². The molecule has 0 saturated carbocycles. The highest BCUT2D eigenvalue weighted by Crippen LogP contribution is 2.34. The number of nitrogens with zero attached hydrogens (tertiary/aromatic N) is 6. The second-order valence-electron chi connectivity index (χ2n) is 18.6. The van der Waals surface area contributed by atoms with Crippen LogP contribution in [0.25, 0.3) is 0 Å². The van der Waals surface area contributed by atoms with Gasteiger partial charge in [0.1, 0.15) is 0 Å². The summed E-state index contributed by atoms with van der Waals surface area (Å²) < 4.78 is 6.23. The normalized spacial score (nSPS) is 25.9. The molecular weight excluding hydrogens is 556 g/mol. The molecule has 0 N–H and O–H groups in total. The molecule has 264 valence electrons. The zero-order chi connectivity index (χ0) is 32.9. The highest BCUT2D eigenvalue weighted by atomic mass is 16.5. The third-order valence-electron chi connectivity index (χ3n) is 11.8. The van der Waals surface area contributed by atoms with Gasteiger partial charge in [-0.25, -0.2) is 0 Å². The van der Waals surface area contributed by atoms with Crippen LogP contribution in [0.5, 0.6) is 0 Å². The van der Waals surface area contributed by atoms with E-state index in [1.165, 1.54) is 143 Å². The highest BCUT2D eigenvalue weighted by molar-refractivity contribution is 4.90. The minimum Gasteiger partial charge on any atom is -0.373 e. The van der Waals surface area contributed by atoms with Gasteiger partial charge in [0.05, 0.1) is 11.7 Å². The SMILES string of the molecule is CC(C)(CCCN1CCC(N2CCN(C(C)(C)C)CC2)C1)CCC(C)(C)N1CCN(CCN2CCC(OC(C)(C)C)CC2)CC1. The van der Waals surface area contributed by atoms with Crippen molar-refractivity contribution in [1.29, 1.82) is 0 Å². The minimum absolute atomic E-state index is 0.0173. The lowest BCUT2D eigenvalue weighted by atomic mass is 9.79. The summed E-state index contributed by atoms with van der Waals surface area (Å²) in [6.45, 7) is 42.2. The van der Waals surface area contributed by atoms with Crippen LogP contribution < -0.4 is 0 Å². The number of piperazine rings is 2. The molecule has 0 spiro atoms. The molecule has 4 rings (SSSR count). The maximum absolute atomic E-state index is 6.23. The van der Waals surface area contributed by atoms with Crippen LogP contribution in [0.4, 0.5) is 0 Å². The van der Waals surface area contributed by atoms with Gasteiger partial charge in [0.25, 0.3) is 0 Å². The number of piperidine rings is 1. The maximum atomic E-state index is 6.23. The fourth-order valence-corrected chi connectivity index (χ4v) is 8.39. The van der Waals surface area contributed by atoms with Crippen molar-refractivity contribution in [3.63, 3.8) is 0 Å². The van der Waals surface area contributed by atoms with Gasteiger partial charge in [-0.1, -0.05) is 13.8 Å². The smallest absolute Gasteiger partial charge is 0.0606 e. The van der Waals surface area contributed by atoms with E-state index in [-0.39, 0.29) is 11.1 Å². The molecule has 0 radical (unpaired) electrons. The zero-order valence-corrected chi connectivity index (χ0v) is 31.8. The van der Waals surface area contributed by atoms with E-state index in [0.29, 0.717) is 17.1 Å². The molecule has 0 amide bonds. The van der Waals surface area contributed by atoms with Gasteiger partial charge in [-0.15, -0.1) is 0 Å². The van der Waals surface area contributed by atoms with Gasteiger partial charge in [0.15, 0.2) is 0 Å². The number of hydrogen-bond acceptors (Lipinski definition) is 7. The molecule has 7 heteroatoms. The third-order valence-corrected chi connectivity index (χ3v) is 11.8. The molecular formula is C38H76N6O. The summed E-state index contributed by atoms with van der Waals surface area (Å²) >= 11 is 0. The van der Waals surface area contributed by atoms with E-state index < -0.39 is 0 Å². The number of likely N-dealkylation sites (tertiary alicyclic amines) is 2. The van der Waals surface area contributed by atoms with Crippen LogP contribution in [0.3, 0.4) is 0 Å². The quantitative estimate of drug-likeness (QED) is 0.256. The molecule has 0 aromatic heterocycles. The first kappa shape index (κ1) is 37.5. The van der Waals surface area contributed by atoms with Crippen molar-refractivity contribution in [2.45, 2.75) is 143 Å². The van der Waals surface area contributed by atoms with Gasteiger partial charge in [-0.05, 0) is 119 Å².